The molecule has 3 rings (SSSR count). The van der Waals surface area contributed by atoms with E-state index in [4.69, 9.17) is 5.14 Å². The van der Waals surface area contributed by atoms with Crippen molar-refractivity contribution in [2.24, 2.45) is 5.14 Å². The maximum Gasteiger partial charge on any atom is 0.319 e. The SMILES string of the molecule is NS(=O)(=O)c1ccc(NC(=O)NC2CC(=O)N(Cc3ccccc3)C2)cc1. The first-order chi connectivity index (χ1) is 12.8. The van der Waals surface area contributed by atoms with Crippen molar-refractivity contribution in [2.45, 2.75) is 23.9 Å². The van der Waals surface area contributed by atoms with E-state index in [2.05, 4.69) is 10.6 Å². The largest absolute Gasteiger partial charge is 0.336 e. The van der Waals surface area contributed by atoms with Crippen molar-refractivity contribution in [2.75, 3.05) is 11.9 Å². The molecule has 0 spiro atoms. The smallest absolute Gasteiger partial charge is 0.319 e. The van der Waals surface area contributed by atoms with Crippen LogP contribution in [0.15, 0.2) is 59.5 Å². The van der Waals surface area contributed by atoms with Crippen LogP contribution >= 0.6 is 0 Å². The predicted molar refractivity (Wildman–Crippen MR) is 100 cm³/mol. The number of hydrogen-bond acceptors (Lipinski definition) is 4. The minimum atomic E-state index is -3.78. The summed E-state index contributed by atoms with van der Waals surface area (Å²) in [4.78, 5) is 25.9. The number of sulfonamides is 1. The summed E-state index contributed by atoms with van der Waals surface area (Å²) in [6, 6.07) is 14.4. The van der Waals surface area contributed by atoms with Gasteiger partial charge in [0.1, 0.15) is 0 Å². The summed E-state index contributed by atoms with van der Waals surface area (Å²) in [6.45, 7) is 0.944. The molecule has 1 aliphatic rings. The van der Waals surface area contributed by atoms with Crippen molar-refractivity contribution in [3.8, 4) is 0 Å². The first kappa shape index (κ1) is 18.9. The van der Waals surface area contributed by atoms with Crippen LogP contribution in [0.3, 0.4) is 0 Å². The molecule has 1 aliphatic heterocycles. The fourth-order valence-corrected chi connectivity index (χ4v) is 3.42. The van der Waals surface area contributed by atoms with Gasteiger partial charge >= 0.3 is 6.03 Å². The number of nitrogens with zero attached hydrogens (tertiary/aromatic N) is 1. The lowest BCUT2D eigenvalue weighted by Gasteiger charge is -2.17. The van der Waals surface area contributed by atoms with Crippen LogP contribution in [0.2, 0.25) is 0 Å². The number of primary sulfonamides is 1. The molecule has 1 heterocycles. The first-order valence-electron chi connectivity index (χ1n) is 8.33. The second kappa shape index (κ2) is 7.77. The molecule has 8 nitrogen and oxygen atoms in total. The number of amides is 3. The number of carbonyl (C=O) groups excluding carboxylic acids is 2. The van der Waals surface area contributed by atoms with Crippen molar-refractivity contribution in [1.29, 1.82) is 0 Å². The van der Waals surface area contributed by atoms with Crippen molar-refractivity contribution in [3.05, 3.63) is 60.2 Å². The van der Waals surface area contributed by atoms with Crippen LogP contribution in [0.1, 0.15) is 12.0 Å². The first-order valence-corrected chi connectivity index (χ1v) is 9.88. The summed E-state index contributed by atoms with van der Waals surface area (Å²) in [6.07, 6.45) is 0.241. The Morgan fingerprint density at radius 1 is 1.11 bits per heavy atom. The van der Waals surface area contributed by atoms with Crippen LogP contribution < -0.4 is 15.8 Å². The van der Waals surface area contributed by atoms with E-state index in [1.807, 2.05) is 30.3 Å². The number of carbonyl (C=O) groups is 2. The van der Waals surface area contributed by atoms with E-state index in [-0.39, 0.29) is 23.3 Å². The number of rotatable bonds is 5. The van der Waals surface area contributed by atoms with Crippen molar-refractivity contribution in [3.63, 3.8) is 0 Å². The van der Waals surface area contributed by atoms with Gasteiger partial charge in [0, 0.05) is 25.2 Å². The maximum atomic E-state index is 12.1. The van der Waals surface area contributed by atoms with Gasteiger partial charge in [0.25, 0.3) is 0 Å². The lowest BCUT2D eigenvalue weighted by atomic mass is 10.2. The molecule has 1 fully saturated rings. The van der Waals surface area contributed by atoms with E-state index in [1.165, 1.54) is 24.3 Å². The molecule has 142 valence electrons. The molecular weight excluding hydrogens is 368 g/mol. The zero-order valence-electron chi connectivity index (χ0n) is 14.5. The average Bonchev–Trinajstić information content (AvgIpc) is 2.94. The summed E-state index contributed by atoms with van der Waals surface area (Å²) in [5, 5.41) is 10.4. The molecule has 0 radical (unpaired) electrons. The van der Waals surface area contributed by atoms with Gasteiger partial charge in [0.05, 0.1) is 10.9 Å². The normalized spacial score (nSPS) is 17.0. The van der Waals surface area contributed by atoms with Crippen molar-refractivity contribution < 1.29 is 18.0 Å². The third-order valence-electron chi connectivity index (χ3n) is 4.21. The minimum absolute atomic E-state index is 0.0124. The Balaban J connectivity index is 1.53. The van der Waals surface area contributed by atoms with E-state index < -0.39 is 16.1 Å². The average molecular weight is 388 g/mol. The van der Waals surface area contributed by atoms with Gasteiger partial charge in [-0.2, -0.15) is 0 Å². The van der Waals surface area contributed by atoms with Gasteiger partial charge in [-0.25, -0.2) is 18.4 Å². The maximum absolute atomic E-state index is 12.1. The molecule has 0 aromatic heterocycles. The van der Waals surface area contributed by atoms with E-state index in [0.29, 0.717) is 18.8 Å². The Kier molecular flexibility index (Phi) is 5.43. The highest BCUT2D eigenvalue weighted by Gasteiger charge is 2.30. The second-order valence-corrected chi connectivity index (χ2v) is 7.89. The number of benzene rings is 2. The van der Waals surface area contributed by atoms with Gasteiger partial charge in [-0.1, -0.05) is 30.3 Å². The monoisotopic (exact) mass is 388 g/mol. The number of anilines is 1. The van der Waals surface area contributed by atoms with Crippen LogP contribution in [0.25, 0.3) is 0 Å². The second-order valence-electron chi connectivity index (χ2n) is 6.33. The van der Waals surface area contributed by atoms with Gasteiger partial charge in [-0.3, -0.25) is 4.79 Å². The molecule has 27 heavy (non-hydrogen) atoms. The summed E-state index contributed by atoms with van der Waals surface area (Å²) in [7, 11) is -3.78. The predicted octanol–water partition coefficient (Wildman–Crippen LogP) is 1.26. The Morgan fingerprint density at radius 2 is 1.78 bits per heavy atom. The van der Waals surface area contributed by atoms with Crippen LogP contribution in [0, 0.1) is 0 Å². The van der Waals surface area contributed by atoms with Gasteiger partial charge in [0.2, 0.25) is 15.9 Å². The quantitative estimate of drug-likeness (QED) is 0.714. The van der Waals surface area contributed by atoms with Crippen molar-refractivity contribution in [1.82, 2.24) is 10.2 Å². The zero-order chi connectivity index (χ0) is 19.4. The van der Waals surface area contributed by atoms with Crippen LogP contribution in [-0.4, -0.2) is 37.8 Å². The van der Waals surface area contributed by atoms with Gasteiger partial charge in [0.15, 0.2) is 0 Å². The molecule has 2 aromatic carbocycles. The fourth-order valence-electron chi connectivity index (χ4n) is 2.91. The molecule has 0 bridgehead atoms. The lowest BCUT2D eigenvalue weighted by molar-refractivity contribution is -0.128. The highest BCUT2D eigenvalue weighted by Crippen LogP contribution is 2.16. The molecule has 0 aliphatic carbocycles. The zero-order valence-corrected chi connectivity index (χ0v) is 15.3. The molecule has 1 saturated heterocycles. The van der Waals surface area contributed by atoms with Crippen LogP contribution in [0.4, 0.5) is 10.5 Å². The number of urea groups is 1. The van der Waals surface area contributed by atoms with Gasteiger partial charge in [-0.15, -0.1) is 0 Å². The summed E-state index contributed by atoms with van der Waals surface area (Å²) >= 11 is 0. The lowest BCUT2D eigenvalue weighted by Crippen LogP contribution is -2.39. The summed E-state index contributed by atoms with van der Waals surface area (Å²) < 4.78 is 22.5. The summed E-state index contributed by atoms with van der Waals surface area (Å²) in [5.74, 6) is -0.0124. The van der Waals surface area contributed by atoms with E-state index in [9.17, 15) is 18.0 Å². The van der Waals surface area contributed by atoms with E-state index >= 15 is 0 Å². The van der Waals surface area contributed by atoms with E-state index in [0.717, 1.165) is 5.56 Å². The standard InChI is InChI=1S/C18H20N4O4S/c19-27(25,26)16-8-6-14(7-9-16)20-18(24)21-15-10-17(23)22(12-15)11-13-4-2-1-3-5-13/h1-9,15H,10-12H2,(H2,19,25,26)(H2,20,21,24). The Morgan fingerprint density at radius 3 is 2.41 bits per heavy atom. The molecule has 1 unspecified atom stereocenters. The number of nitrogens with one attached hydrogen (secondary N) is 2. The van der Waals surface area contributed by atoms with Gasteiger partial charge < -0.3 is 15.5 Å². The molecule has 4 N–H and O–H groups in total. The molecule has 2 aromatic rings. The van der Waals surface area contributed by atoms with Gasteiger partial charge in [-0.05, 0) is 29.8 Å². The van der Waals surface area contributed by atoms with Crippen LogP contribution in [-0.2, 0) is 21.4 Å². The molecular formula is C18H20N4O4S. The molecule has 0 saturated carbocycles. The Hall–Kier alpha value is -2.91. The summed E-state index contributed by atoms with van der Waals surface area (Å²) in [5.41, 5.74) is 1.45. The molecule has 9 heteroatoms. The number of nitrogens with two attached hydrogens (primary N) is 1. The molecule has 3 amide bonds. The number of likely N-dealkylation sites (tertiary alicyclic amines) is 1. The Labute approximate surface area is 157 Å². The topological polar surface area (TPSA) is 122 Å². The Bertz CT molecular complexity index is 930. The minimum Gasteiger partial charge on any atom is -0.336 e. The number of hydrogen-bond donors (Lipinski definition) is 3. The highest BCUT2D eigenvalue weighted by atomic mass is 32.2. The van der Waals surface area contributed by atoms with Crippen molar-refractivity contribution >= 4 is 27.6 Å². The third kappa shape index (κ3) is 5.05. The fraction of sp³-hybridized carbons (Fsp3) is 0.222. The van der Waals surface area contributed by atoms with E-state index in [1.54, 1.807) is 4.90 Å². The third-order valence-corrected chi connectivity index (χ3v) is 5.14. The molecule has 1 atom stereocenters. The highest BCUT2D eigenvalue weighted by molar-refractivity contribution is 7.89. The van der Waals surface area contributed by atoms with Crippen LogP contribution in [0.5, 0.6) is 0 Å².